The molecule has 4 nitrogen and oxygen atoms in total. The fourth-order valence-corrected chi connectivity index (χ4v) is 3.39. The zero-order chi connectivity index (χ0) is 14.0. The minimum atomic E-state index is 0.539. The number of likely N-dealkylation sites (N-methyl/N-ethyl adjacent to an activating group) is 1. The van der Waals surface area contributed by atoms with Crippen LogP contribution in [0.25, 0.3) is 0 Å². The van der Waals surface area contributed by atoms with Crippen molar-refractivity contribution >= 4 is 17.4 Å². The molecule has 1 unspecified atom stereocenters. The van der Waals surface area contributed by atoms with Crippen LogP contribution in [0.1, 0.15) is 31.0 Å². The molecule has 1 saturated heterocycles. The van der Waals surface area contributed by atoms with Crippen molar-refractivity contribution in [3.8, 4) is 0 Å². The molecule has 0 amide bonds. The van der Waals surface area contributed by atoms with E-state index in [-0.39, 0.29) is 0 Å². The normalized spacial score (nSPS) is 21.7. The summed E-state index contributed by atoms with van der Waals surface area (Å²) in [6.07, 6.45) is 2.34. The summed E-state index contributed by atoms with van der Waals surface area (Å²) in [7, 11) is 4.24. The second-order valence-electron chi connectivity index (χ2n) is 5.52. The Morgan fingerprint density at radius 3 is 2.68 bits per heavy atom. The number of halogens is 1. The highest BCUT2D eigenvalue weighted by Gasteiger charge is 2.27. The van der Waals surface area contributed by atoms with Crippen molar-refractivity contribution in [2.24, 2.45) is 7.05 Å². The summed E-state index contributed by atoms with van der Waals surface area (Å²) in [5, 5.41) is 4.55. The van der Waals surface area contributed by atoms with Gasteiger partial charge in [0.25, 0.3) is 0 Å². The van der Waals surface area contributed by atoms with Gasteiger partial charge in [0.2, 0.25) is 0 Å². The Hall–Kier alpha value is -0.740. The van der Waals surface area contributed by atoms with Gasteiger partial charge < -0.3 is 9.80 Å². The van der Waals surface area contributed by atoms with E-state index in [1.165, 1.54) is 24.3 Å². The van der Waals surface area contributed by atoms with Crippen LogP contribution >= 0.6 is 11.6 Å². The molecule has 0 aliphatic carbocycles. The lowest BCUT2D eigenvalue weighted by atomic mass is 10.1. The molecule has 108 valence electrons. The summed E-state index contributed by atoms with van der Waals surface area (Å²) in [6.45, 7) is 7.68. The smallest absolute Gasteiger partial charge is 0.131 e. The average molecular weight is 285 g/mol. The zero-order valence-electron chi connectivity index (χ0n) is 12.5. The van der Waals surface area contributed by atoms with E-state index < -0.39 is 0 Å². The van der Waals surface area contributed by atoms with Gasteiger partial charge in [0.1, 0.15) is 5.82 Å². The summed E-state index contributed by atoms with van der Waals surface area (Å²) in [6, 6.07) is 0.546. The standard InChI is InChI=1S/C14H25ClN4/c1-5-12-10-17(3)7-6-8-19(12)14-13(9-15)11(2)16-18(14)4/h12H,5-10H2,1-4H3. The number of nitrogens with zero attached hydrogens (tertiary/aromatic N) is 4. The van der Waals surface area contributed by atoms with Crippen LogP contribution in [-0.2, 0) is 12.9 Å². The Kier molecular flexibility index (Phi) is 4.74. The predicted molar refractivity (Wildman–Crippen MR) is 81.0 cm³/mol. The van der Waals surface area contributed by atoms with Gasteiger partial charge in [-0.2, -0.15) is 5.10 Å². The third kappa shape index (κ3) is 2.90. The number of hydrogen-bond acceptors (Lipinski definition) is 3. The van der Waals surface area contributed by atoms with Gasteiger partial charge in [0.05, 0.1) is 11.6 Å². The molecular weight excluding hydrogens is 260 g/mol. The van der Waals surface area contributed by atoms with Crippen LogP contribution in [0.5, 0.6) is 0 Å². The maximum Gasteiger partial charge on any atom is 0.131 e. The quantitative estimate of drug-likeness (QED) is 0.797. The first kappa shape index (κ1) is 14.7. The lowest BCUT2D eigenvalue weighted by molar-refractivity contribution is 0.327. The third-order valence-corrected chi connectivity index (χ3v) is 4.36. The number of aryl methyl sites for hydroxylation is 2. The van der Waals surface area contributed by atoms with Gasteiger partial charge in [-0.3, -0.25) is 4.68 Å². The molecule has 2 heterocycles. The average Bonchev–Trinajstić information content (AvgIpc) is 2.55. The molecule has 0 bridgehead atoms. The van der Waals surface area contributed by atoms with E-state index in [4.69, 9.17) is 11.6 Å². The largest absolute Gasteiger partial charge is 0.352 e. The Balaban J connectivity index is 2.37. The van der Waals surface area contributed by atoms with E-state index in [0.29, 0.717) is 11.9 Å². The number of aromatic nitrogens is 2. The molecule has 5 heteroatoms. The van der Waals surface area contributed by atoms with E-state index in [1.807, 2.05) is 18.7 Å². The van der Waals surface area contributed by atoms with Crippen LogP contribution in [-0.4, -0.2) is 47.4 Å². The Morgan fingerprint density at radius 1 is 1.32 bits per heavy atom. The first-order valence-corrected chi connectivity index (χ1v) is 7.65. The number of hydrogen-bond donors (Lipinski definition) is 0. The molecular formula is C14H25ClN4. The molecule has 2 rings (SSSR count). The molecule has 1 aromatic rings. The van der Waals surface area contributed by atoms with Gasteiger partial charge in [-0.25, -0.2) is 0 Å². The van der Waals surface area contributed by atoms with E-state index >= 15 is 0 Å². The molecule has 0 aromatic carbocycles. The van der Waals surface area contributed by atoms with E-state index in [0.717, 1.165) is 25.2 Å². The Morgan fingerprint density at radius 2 is 2.05 bits per heavy atom. The number of rotatable bonds is 3. The third-order valence-electron chi connectivity index (χ3n) is 4.09. The topological polar surface area (TPSA) is 24.3 Å². The summed E-state index contributed by atoms with van der Waals surface area (Å²) < 4.78 is 2.00. The van der Waals surface area contributed by atoms with Crippen LogP contribution < -0.4 is 4.90 Å². The predicted octanol–water partition coefficient (Wildman–Crippen LogP) is 2.39. The van der Waals surface area contributed by atoms with E-state index in [2.05, 4.69) is 28.9 Å². The molecule has 1 atom stereocenters. The lowest BCUT2D eigenvalue weighted by Crippen LogP contribution is -2.41. The van der Waals surface area contributed by atoms with Crippen molar-refractivity contribution in [2.75, 3.05) is 31.6 Å². The van der Waals surface area contributed by atoms with Crippen LogP contribution in [0.4, 0.5) is 5.82 Å². The first-order valence-electron chi connectivity index (χ1n) is 7.12. The number of anilines is 1. The maximum atomic E-state index is 6.14. The van der Waals surface area contributed by atoms with Crippen molar-refractivity contribution in [1.29, 1.82) is 0 Å². The molecule has 0 spiro atoms. The van der Waals surface area contributed by atoms with Crippen LogP contribution in [0, 0.1) is 6.92 Å². The first-order chi connectivity index (χ1) is 9.08. The highest BCUT2D eigenvalue weighted by atomic mass is 35.5. The zero-order valence-corrected chi connectivity index (χ0v) is 13.2. The molecule has 1 aliphatic heterocycles. The van der Waals surface area contributed by atoms with Crippen molar-refractivity contribution in [1.82, 2.24) is 14.7 Å². The van der Waals surface area contributed by atoms with Crippen LogP contribution in [0.2, 0.25) is 0 Å². The van der Waals surface area contributed by atoms with Crippen molar-refractivity contribution in [3.05, 3.63) is 11.3 Å². The summed E-state index contributed by atoms with van der Waals surface area (Å²) in [5.41, 5.74) is 2.24. The molecule has 19 heavy (non-hydrogen) atoms. The number of alkyl halides is 1. The van der Waals surface area contributed by atoms with Gasteiger partial charge in [-0.15, -0.1) is 11.6 Å². The van der Waals surface area contributed by atoms with E-state index in [1.54, 1.807) is 0 Å². The SMILES string of the molecule is CCC1CN(C)CCCN1c1c(CCl)c(C)nn1C. The fourth-order valence-electron chi connectivity index (χ4n) is 3.08. The second-order valence-corrected chi connectivity index (χ2v) is 5.78. The summed E-state index contributed by atoms with van der Waals surface area (Å²) in [5.74, 6) is 1.76. The minimum absolute atomic E-state index is 0.539. The maximum absolute atomic E-state index is 6.14. The molecule has 0 saturated carbocycles. The molecule has 0 radical (unpaired) electrons. The van der Waals surface area contributed by atoms with Gasteiger partial charge in [0, 0.05) is 31.7 Å². The van der Waals surface area contributed by atoms with E-state index in [9.17, 15) is 0 Å². The van der Waals surface area contributed by atoms with Crippen molar-refractivity contribution in [2.45, 2.75) is 38.6 Å². The van der Waals surface area contributed by atoms with Gasteiger partial charge in [-0.1, -0.05) is 6.92 Å². The molecule has 1 aliphatic rings. The lowest BCUT2D eigenvalue weighted by Gasteiger charge is -2.32. The fraction of sp³-hybridized carbons (Fsp3) is 0.786. The molecule has 1 fully saturated rings. The highest BCUT2D eigenvalue weighted by Crippen LogP contribution is 2.28. The summed E-state index contributed by atoms with van der Waals surface area (Å²) >= 11 is 6.14. The minimum Gasteiger partial charge on any atom is -0.352 e. The van der Waals surface area contributed by atoms with Crippen molar-refractivity contribution < 1.29 is 0 Å². The summed E-state index contributed by atoms with van der Waals surface area (Å²) in [4.78, 5) is 4.94. The highest BCUT2D eigenvalue weighted by molar-refractivity contribution is 6.17. The monoisotopic (exact) mass is 284 g/mol. The van der Waals surface area contributed by atoms with Gasteiger partial charge >= 0.3 is 0 Å². The Bertz CT molecular complexity index is 429. The Labute approximate surface area is 121 Å². The van der Waals surface area contributed by atoms with Gasteiger partial charge in [0.15, 0.2) is 0 Å². The second kappa shape index (κ2) is 6.14. The molecule has 0 N–H and O–H groups in total. The van der Waals surface area contributed by atoms with Gasteiger partial charge in [-0.05, 0) is 33.4 Å². The van der Waals surface area contributed by atoms with Crippen LogP contribution in [0.3, 0.4) is 0 Å². The van der Waals surface area contributed by atoms with Crippen molar-refractivity contribution in [3.63, 3.8) is 0 Å². The van der Waals surface area contributed by atoms with Crippen LogP contribution in [0.15, 0.2) is 0 Å². The molecule has 1 aromatic heterocycles.